The van der Waals surface area contributed by atoms with Gasteiger partial charge in [-0.15, -0.1) is 0 Å². The molecule has 35 heavy (non-hydrogen) atoms. The molecule has 1 N–H and O–H groups in total. The highest BCUT2D eigenvalue weighted by Gasteiger charge is 2.23. The summed E-state index contributed by atoms with van der Waals surface area (Å²) in [6, 6.07) is 22.8. The molecule has 4 rings (SSSR count). The van der Waals surface area contributed by atoms with Crippen LogP contribution in [0.15, 0.2) is 72.8 Å². The standard InChI is InChI=1S/C28H31N3O4/c1-21-10-12-23(13-11-21)35-26-9-4-3-8-25(26)29-27(32)20-30-14-16-31(17-15-30)28(33)19-22-6-5-7-24(18-22)34-2/h3-13,18H,14-17,19-20H2,1-2H3,(H,29,32). The highest BCUT2D eigenvalue weighted by atomic mass is 16.5. The number of methoxy groups -OCH3 is 1. The summed E-state index contributed by atoms with van der Waals surface area (Å²) in [6.45, 7) is 4.79. The Hall–Kier alpha value is -3.84. The maximum absolute atomic E-state index is 12.7. The Bertz CT molecular complexity index is 1150. The minimum Gasteiger partial charge on any atom is -0.497 e. The van der Waals surface area contributed by atoms with Gasteiger partial charge in [-0.2, -0.15) is 0 Å². The van der Waals surface area contributed by atoms with Gasteiger partial charge in [0.15, 0.2) is 5.75 Å². The van der Waals surface area contributed by atoms with Crippen molar-refractivity contribution >= 4 is 17.5 Å². The average molecular weight is 474 g/mol. The molecule has 1 aliphatic rings. The van der Waals surface area contributed by atoms with Crippen LogP contribution in [0.3, 0.4) is 0 Å². The molecule has 1 heterocycles. The molecule has 0 radical (unpaired) electrons. The van der Waals surface area contributed by atoms with Crippen LogP contribution in [0.2, 0.25) is 0 Å². The summed E-state index contributed by atoms with van der Waals surface area (Å²) in [5.41, 5.74) is 2.72. The van der Waals surface area contributed by atoms with Gasteiger partial charge in [-0.05, 0) is 48.9 Å². The maximum Gasteiger partial charge on any atom is 0.238 e. The Morgan fingerprint density at radius 3 is 2.37 bits per heavy atom. The Morgan fingerprint density at radius 2 is 1.63 bits per heavy atom. The first-order valence-corrected chi connectivity index (χ1v) is 11.8. The smallest absolute Gasteiger partial charge is 0.238 e. The Morgan fingerprint density at radius 1 is 0.886 bits per heavy atom. The Labute approximate surface area is 206 Å². The second-order valence-electron chi connectivity index (χ2n) is 8.64. The summed E-state index contributed by atoms with van der Waals surface area (Å²) in [5.74, 6) is 2.03. The summed E-state index contributed by atoms with van der Waals surface area (Å²) < 4.78 is 11.2. The van der Waals surface area contributed by atoms with Crippen LogP contribution in [0.1, 0.15) is 11.1 Å². The monoisotopic (exact) mass is 473 g/mol. The van der Waals surface area contributed by atoms with Crippen LogP contribution in [0.5, 0.6) is 17.2 Å². The van der Waals surface area contributed by atoms with Gasteiger partial charge in [0.1, 0.15) is 11.5 Å². The number of para-hydroxylation sites is 2. The molecule has 1 saturated heterocycles. The normalized spacial score (nSPS) is 13.8. The van der Waals surface area contributed by atoms with Crippen molar-refractivity contribution in [3.8, 4) is 17.2 Å². The third-order valence-electron chi connectivity index (χ3n) is 5.99. The van der Waals surface area contributed by atoms with Gasteiger partial charge in [0.05, 0.1) is 25.8 Å². The van der Waals surface area contributed by atoms with Gasteiger partial charge in [-0.25, -0.2) is 0 Å². The molecule has 0 saturated carbocycles. The summed E-state index contributed by atoms with van der Waals surface area (Å²) in [5, 5.41) is 2.97. The van der Waals surface area contributed by atoms with Crippen LogP contribution in [-0.2, 0) is 16.0 Å². The van der Waals surface area contributed by atoms with E-state index in [1.807, 2.05) is 84.6 Å². The molecular formula is C28H31N3O4. The third kappa shape index (κ3) is 6.83. The number of hydrogen-bond donors (Lipinski definition) is 1. The van der Waals surface area contributed by atoms with E-state index in [0.29, 0.717) is 49.8 Å². The second kappa shape index (κ2) is 11.5. The number of carbonyl (C=O) groups excluding carboxylic acids is 2. The zero-order valence-corrected chi connectivity index (χ0v) is 20.2. The summed E-state index contributed by atoms with van der Waals surface area (Å²) in [6.07, 6.45) is 0.343. The van der Waals surface area contributed by atoms with Crippen molar-refractivity contribution < 1.29 is 19.1 Å². The number of piperazine rings is 1. The maximum atomic E-state index is 12.7. The molecule has 0 atom stereocenters. The molecular weight excluding hydrogens is 442 g/mol. The van der Waals surface area contributed by atoms with Crippen molar-refractivity contribution in [2.45, 2.75) is 13.3 Å². The number of ether oxygens (including phenoxy) is 2. The third-order valence-corrected chi connectivity index (χ3v) is 5.99. The molecule has 3 aromatic carbocycles. The van der Waals surface area contributed by atoms with Crippen molar-refractivity contribution in [2.24, 2.45) is 0 Å². The fourth-order valence-corrected chi connectivity index (χ4v) is 4.01. The summed E-state index contributed by atoms with van der Waals surface area (Å²) in [4.78, 5) is 29.4. The van der Waals surface area contributed by atoms with Gasteiger partial charge in [-0.1, -0.05) is 42.0 Å². The van der Waals surface area contributed by atoms with Crippen molar-refractivity contribution in [3.63, 3.8) is 0 Å². The molecule has 2 amide bonds. The molecule has 182 valence electrons. The average Bonchev–Trinajstić information content (AvgIpc) is 2.87. The number of hydrogen-bond acceptors (Lipinski definition) is 5. The van der Waals surface area contributed by atoms with Crippen LogP contribution in [-0.4, -0.2) is 61.4 Å². The van der Waals surface area contributed by atoms with Gasteiger partial charge < -0.3 is 19.7 Å². The molecule has 7 heteroatoms. The van der Waals surface area contributed by atoms with Gasteiger partial charge in [0.2, 0.25) is 11.8 Å². The number of nitrogens with zero attached hydrogens (tertiary/aromatic N) is 2. The van der Waals surface area contributed by atoms with E-state index in [1.54, 1.807) is 7.11 Å². The quantitative estimate of drug-likeness (QED) is 0.533. The van der Waals surface area contributed by atoms with E-state index in [0.717, 1.165) is 16.9 Å². The van der Waals surface area contributed by atoms with E-state index >= 15 is 0 Å². The number of anilines is 1. The van der Waals surface area contributed by atoms with Crippen LogP contribution in [0, 0.1) is 6.92 Å². The minimum atomic E-state index is -0.110. The van der Waals surface area contributed by atoms with Gasteiger partial charge in [-0.3, -0.25) is 14.5 Å². The highest BCUT2D eigenvalue weighted by molar-refractivity contribution is 5.93. The molecule has 3 aromatic rings. The predicted octanol–water partition coefficient (Wildman–Crippen LogP) is 4.12. The van der Waals surface area contributed by atoms with E-state index in [2.05, 4.69) is 10.2 Å². The van der Waals surface area contributed by atoms with Gasteiger partial charge in [0, 0.05) is 26.2 Å². The largest absolute Gasteiger partial charge is 0.497 e. The predicted molar refractivity (Wildman–Crippen MR) is 136 cm³/mol. The molecule has 1 fully saturated rings. The van der Waals surface area contributed by atoms with Crippen LogP contribution in [0.4, 0.5) is 5.69 Å². The van der Waals surface area contributed by atoms with E-state index in [9.17, 15) is 9.59 Å². The number of amides is 2. The molecule has 0 unspecified atom stereocenters. The van der Waals surface area contributed by atoms with Gasteiger partial charge in [0.25, 0.3) is 0 Å². The van der Waals surface area contributed by atoms with Crippen molar-refractivity contribution in [1.29, 1.82) is 0 Å². The summed E-state index contributed by atoms with van der Waals surface area (Å²) in [7, 11) is 1.62. The molecule has 7 nitrogen and oxygen atoms in total. The molecule has 0 aliphatic carbocycles. The Kier molecular flexibility index (Phi) is 8.00. The SMILES string of the molecule is COc1cccc(CC(=O)N2CCN(CC(=O)Nc3ccccc3Oc3ccc(C)cc3)CC2)c1. The number of aryl methyl sites for hydroxylation is 1. The van der Waals surface area contributed by atoms with Crippen molar-refractivity contribution in [1.82, 2.24) is 9.80 Å². The van der Waals surface area contributed by atoms with E-state index in [-0.39, 0.29) is 18.4 Å². The van der Waals surface area contributed by atoms with Crippen molar-refractivity contribution in [2.75, 3.05) is 45.2 Å². The zero-order valence-electron chi connectivity index (χ0n) is 20.2. The lowest BCUT2D eigenvalue weighted by Gasteiger charge is -2.34. The zero-order chi connectivity index (χ0) is 24.6. The number of rotatable bonds is 8. The lowest BCUT2D eigenvalue weighted by atomic mass is 10.1. The molecule has 0 spiro atoms. The minimum absolute atomic E-state index is 0.0875. The number of nitrogens with one attached hydrogen (secondary N) is 1. The number of carbonyl (C=O) groups is 2. The first-order chi connectivity index (χ1) is 17.0. The molecule has 1 aliphatic heterocycles. The van der Waals surface area contributed by atoms with Crippen LogP contribution in [0.25, 0.3) is 0 Å². The van der Waals surface area contributed by atoms with Gasteiger partial charge >= 0.3 is 0 Å². The first kappa shape index (κ1) is 24.3. The van der Waals surface area contributed by atoms with E-state index < -0.39 is 0 Å². The molecule has 0 aromatic heterocycles. The fraction of sp³-hybridized carbons (Fsp3) is 0.286. The van der Waals surface area contributed by atoms with E-state index in [1.165, 1.54) is 0 Å². The first-order valence-electron chi connectivity index (χ1n) is 11.8. The van der Waals surface area contributed by atoms with Crippen LogP contribution >= 0.6 is 0 Å². The topological polar surface area (TPSA) is 71.1 Å². The fourth-order valence-electron chi connectivity index (χ4n) is 4.01. The van der Waals surface area contributed by atoms with E-state index in [4.69, 9.17) is 9.47 Å². The Balaban J connectivity index is 1.26. The summed E-state index contributed by atoms with van der Waals surface area (Å²) >= 11 is 0. The van der Waals surface area contributed by atoms with Crippen molar-refractivity contribution in [3.05, 3.63) is 83.9 Å². The second-order valence-corrected chi connectivity index (χ2v) is 8.64. The lowest BCUT2D eigenvalue weighted by Crippen LogP contribution is -2.50. The lowest BCUT2D eigenvalue weighted by molar-refractivity contribution is -0.132. The molecule has 0 bridgehead atoms. The highest BCUT2D eigenvalue weighted by Crippen LogP contribution is 2.29. The number of benzene rings is 3. The van der Waals surface area contributed by atoms with Crippen LogP contribution < -0.4 is 14.8 Å².